The first kappa shape index (κ1) is 27.3. The number of amides is 1. The van der Waals surface area contributed by atoms with Crippen LogP contribution in [0.3, 0.4) is 0 Å². The second kappa shape index (κ2) is 11.2. The number of ketones is 1. The quantitative estimate of drug-likeness (QED) is 0.262. The second-order valence-corrected chi connectivity index (χ2v) is 10.2. The van der Waals surface area contributed by atoms with Crippen LogP contribution in [0.4, 0.5) is 5.69 Å². The molecule has 36 heavy (non-hydrogen) atoms. The number of hydrogen-bond acceptors (Lipinski definition) is 5. The van der Waals surface area contributed by atoms with Crippen molar-refractivity contribution in [2.24, 2.45) is 0 Å². The smallest absolute Gasteiger partial charge is 0.295 e. The van der Waals surface area contributed by atoms with Gasteiger partial charge in [0.1, 0.15) is 11.5 Å². The van der Waals surface area contributed by atoms with Crippen molar-refractivity contribution in [1.82, 2.24) is 4.90 Å². The van der Waals surface area contributed by atoms with E-state index in [0.29, 0.717) is 25.1 Å². The van der Waals surface area contributed by atoms with Gasteiger partial charge in [-0.25, -0.2) is 0 Å². The molecule has 1 N–H and O–H groups in total. The van der Waals surface area contributed by atoms with Crippen LogP contribution in [0.2, 0.25) is 0 Å². The summed E-state index contributed by atoms with van der Waals surface area (Å²) >= 11 is 0. The molecule has 0 spiro atoms. The molecule has 1 aliphatic rings. The van der Waals surface area contributed by atoms with Crippen LogP contribution in [0.25, 0.3) is 5.76 Å². The molecule has 0 radical (unpaired) electrons. The molecule has 1 unspecified atom stereocenters. The number of aliphatic hydroxyl groups excluding tert-OH is 1. The lowest BCUT2D eigenvalue weighted by Gasteiger charge is -2.27. The molecule has 0 aromatic heterocycles. The third-order valence-corrected chi connectivity index (χ3v) is 6.70. The molecule has 1 aliphatic heterocycles. The maximum absolute atomic E-state index is 13.3. The van der Waals surface area contributed by atoms with Gasteiger partial charge in [0.15, 0.2) is 0 Å². The van der Waals surface area contributed by atoms with E-state index in [1.54, 1.807) is 11.0 Å². The van der Waals surface area contributed by atoms with Gasteiger partial charge in [0, 0.05) is 36.4 Å². The van der Waals surface area contributed by atoms with Gasteiger partial charge in [0.25, 0.3) is 11.7 Å². The summed E-state index contributed by atoms with van der Waals surface area (Å²) in [5.41, 5.74) is 3.21. The Hall–Kier alpha value is -3.28. The fourth-order valence-electron chi connectivity index (χ4n) is 4.85. The summed E-state index contributed by atoms with van der Waals surface area (Å²) < 4.78 is 5.82. The Morgan fingerprint density at radius 1 is 1.00 bits per heavy atom. The molecule has 3 rings (SSSR count). The molecular weight excluding hydrogens is 452 g/mol. The molecule has 0 aliphatic carbocycles. The van der Waals surface area contributed by atoms with Crippen molar-refractivity contribution in [3.05, 3.63) is 64.7 Å². The molecule has 2 aromatic rings. The number of Topliss-reactive ketones (excluding diaryl/α,β-unsaturated/α-hetero) is 1. The van der Waals surface area contributed by atoms with Gasteiger partial charge in [-0.15, -0.1) is 0 Å². The number of carbonyl (C=O) groups is 2. The van der Waals surface area contributed by atoms with Crippen LogP contribution in [0.15, 0.2) is 48.0 Å². The Morgan fingerprint density at radius 3 is 2.17 bits per heavy atom. The molecule has 1 atom stereocenters. The second-order valence-electron chi connectivity index (χ2n) is 10.2. The van der Waals surface area contributed by atoms with E-state index in [2.05, 4.69) is 39.5 Å². The van der Waals surface area contributed by atoms with Crippen molar-refractivity contribution in [2.75, 3.05) is 31.1 Å². The fourth-order valence-corrected chi connectivity index (χ4v) is 4.85. The zero-order valence-electron chi connectivity index (χ0n) is 22.7. The molecule has 1 saturated heterocycles. The highest BCUT2D eigenvalue weighted by atomic mass is 16.5. The highest BCUT2D eigenvalue weighted by Gasteiger charge is 2.45. The van der Waals surface area contributed by atoms with Gasteiger partial charge in [-0.1, -0.05) is 39.8 Å². The maximum Gasteiger partial charge on any atom is 0.295 e. The third kappa shape index (κ3) is 5.28. The van der Waals surface area contributed by atoms with Gasteiger partial charge in [-0.05, 0) is 68.5 Å². The summed E-state index contributed by atoms with van der Waals surface area (Å²) in [7, 11) is 0. The van der Waals surface area contributed by atoms with E-state index in [9.17, 15) is 14.7 Å². The average molecular weight is 493 g/mol. The zero-order valence-corrected chi connectivity index (χ0v) is 22.7. The number of anilines is 1. The Balaban J connectivity index is 2.17. The Labute approximate surface area is 215 Å². The lowest BCUT2D eigenvalue weighted by Crippen LogP contribution is -2.30. The van der Waals surface area contributed by atoms with Gasteiger partial charge in [-0.2, -0.15) is 0 Å². The summed E-state index contributed by atoms with van der Waals surface area (Å²) in [6.45, 7) is 17.1. The van der Waals surface area contributed by atoms with Gasteiger partial charge in [0.05, 0.1) is 18.2 Å². The number of likely N-dealkylation sites (tertiary alicyclic amines) is 1. The van der Waals surface area contributed by atoms with Crippen molar-refractivity contribution in [3.63, 3.8) is 0 Å². The lowest BCUT2D eigenvalue weighted by atomic mass is 9.84. The van der Waals surface area contributed by atoms with Gasteiger partial charge < -0.3 is 19.6 Å². The monoisotopic (exact) mass is 492 g/mol. The first-order valence-corrected chi connectivity index (χ1v) is 13.0. The van der Waals surface area contributed by atoms with E-state index in [-0.39, 0.29) is 16.7 Å². The van der Waals surface area contributed by atoms with Crippen molar-refractivity contribution in [1.29, 1.82) is 0 Å². The molecule has 6 nitrogen and oxygen atoms in total. The van der Waals surface area contributed by atoms with Crippen LogP contribution in [-0.4, -0.2) is 47.9 Å². The Morgan fingerprint density at radius 2 is 1.64 bits per heavy atom. The normalized spacial score (nSPS) is 17.5. The minimum atomic E-state index is -0.648. The maximum atomic E-state index is 13.3. The molecule has 1 amide bonds. The van der Waals surface area contributed by atoms with Crippen LogP contribution in [0.5, 0.6) is 5.75 Å². The summed E-state index contributed by atoms with van der Waals surface area (Å²) in [5.74, 6) is -0.627. The van der Waals surface area contributed by atoms with Crippen LogP contribution in [0, 0.1) is 0 Å². The fraction of sp³-hybridized carbons (Fsp3) is 0.467. The predicted octanol–water partition coefficient (Wildman–Crippen LogP) is 6.06. The molecule has 2 aromatic carbocycles. The average Bonchev–Trinajstić information content (AvgIpc) is 3.10. The first-order valence-electron chi connectivity index (χ1n) is 13.0. The number of aliphatic hydroxyl groups is 1. The summed E-state index contributed by atoms with van der Waals surface area (Å²) in [4.78, 5) is 30.1. The van der Waals surface area contributed by atoms with Crippen molar-refractivity contribution < 1.29 is 19.4 Å². The summed E-state index contributed by atoms with van der Waals surface area (Å²) in [6.07, 6.45) is 0.707. The molecule has 1 fully saturated rings. The third-order valence-electron chi connectivity index (χ3n) is 6.70. The molecular formula is C30H40N2O4. The predicted molar refractivity (Wildman–Crippen MR) is 146 cm³/mol. The van der Waals surface area contributed by atoms with Crippen LogP contribution < -0.4 is 9.64 Å². The molecule has 0 bridgehead atoms. The van der Waals surface area contributed by atoms with Crippen LogP contribution >= 0.6 is 0 Å². The Kier molecular flexibility index (Phi) is 8.49. The SMILES string of the molecule is CCCN1C(=O)C(=O)/C(=C(\O)c2ccc(OCC)c(C(C)(C)C)c2)C1c1ccc(N(CC)CC)cc1. The first-order chi connectivity index (χ1) is 17.1. The van der Waals surface area contributed by atoms with E-state index >= 15 is 0 Å². The Bertz CT molecular complexity index is 1120. The minimum Gasteiger partial charge on any atom is -0.507 e. The number of rotatable bonds is 9. The number of hydrogen-bond donors (Lipinski definition) is 1. The molecule has 6 heteroatoms. The van der Waals surface area contributed by atoms with Gasteiger partial charge in [0.2, 0.25) is 0 Å². The van der Waals surface area contributed by atoms with Crippen LogP contribution in [0.1, 0.15) is 77.6 Å². The highest BCUT2D eigenvalue weighted by Crippen LogP contribution is 2.41. The lowest BCUT2D eigenvalue weighted by molar-refractivity contribution is -0.139. The topological polar surface area (TPSA) is 70.1 Å². The molecule has 1 heterocycles. The zero-order chi connectivity index (χ0) is 26.6. The van der Waals surface area contributed by atoms with Gasteiger partial charge in [-0.3, -0.25) is 9.59 Å². The van der Waals surface area contributed by atoms with E-state index in [1.807, 2.05) is 50.2 Å². The largest absolute Gasteiger partial charge is 0.507 e. The summed E-state index contributed by atoms with van der Waals surface area (Å²) in [5, 5.41) is 11.5. The van der Waals surface area contributed by atoms with Crippen molar-refractivity contribution in [3.8, 4) is 5.75 Å². The van der Waals surface area contributed by atoms with Crippen LogP contribution in [-0.2, 0) is 15.0 Å². The highest BCUT2D eigenvalue weighted by molar-refractivity contribution is 6.46. The van der Waals surface area contributed by atoms with Crippen molar-refractivity contribution >= 4 is 23.1 Å². The number of carbonyl (C=O) groups excluding carboxylic acids is 2. The standard InChI is InChI=1S/C30H40N2O4/c1-8-18-32-26(20-12-15-22(16-13-20)31(9-2)10-3)25(28(34)29(32)35)27(33)21-14-17-24(36-11-4)23(19-21)30(5,6)7/h12-17,19,26,33H,8-11,18H2,1-7H3/b27-25-. The van der Waals surface area contributed by atoms with E-state index in [0.717, 1.165) is 35.7 Å². The summed E-state index contributed by atoms with van der Waals surface area (Å²) in [6, 6.07) is 12.8. The molecule has 194 valence electrons. The number of benzene rings is 2. The number of ether oxygens (including phenoxy) is 1. The van der Waals surface area contributed by atoms with E-state index in [4.69, 9.17) is 4.74 Å². The minimum absolute atomic E-state index is 0.132. The molecule has 0 saturated carbocycles. The van der Waals surface area contributed by atoms with E-state index < -0.39 is 17.7 Å². The van der Waals surface area contributed by atoms with E-state index in [1.165, 1.54) is 0 Å². The van der Waals surface area contributed by atoms with Gasteiger partial charge >= 0.3 is 0 Å². The van der Waals surface area contributed by atoms with Crippen molar-refractivity contribution in [2.45, 2.75) is 66.3 Å². The number of nitrogens with zero attached hydrogens (tertiary/aromatic N) is 2.